The van der Waals surface area contributed by atoms with Crippen LogP contribution in [-0.4, -0.2) is 96.6 Å². The van der Waals surface area contributed by atoms with E-state index >= 15 is 0 Å². The molecular weight excluding hydrogens is 434 g/mol. The molecule has 0 aromatic heterocycles. The van der Waals surface area contributed by atoms with Gasteiger partial charge >= 0.3 is 6.09 Å². The number of carbonyl (C=O) groups is 2. The van der Waals surface area contributed by atoms with Crippen molar-refractivity contribution in [3.63, 3.8) is 0 Å². The molecule has 0 aliphatic carbocycles. The number of rotatable bonds is 4. The van der Waals surface area contributed by atoms with Crippen molar-refractivity contribution in [1.29, 1.82) is 0 Å². The van der Waals surface area contributed by atoms with Crippen LogP contribution in [0, 0.1) is 5.92 Å². The highest BCUT2D eigenvalue weighted by atomic mass is 16.7. The number of carboxylic acid groups (broad SMARTS) is 1. The van der Waals surface area contributed by atoms with Crippen molar-refractivity contribution < 1.29 is 24.2 Å². The Balaban J connectivity index is 1.44. The van der Waals surface area contributed by atoms with Gasteiger partial charge in [-0.25, -0.2) is 4.79 Å². The first kappa shape index (κ1) is 22.8. The molecule has 0 saturated carbocycles. The first-order chi connectivity index (χ1) is 16.6. The quantitative estimate of drug-likeness (QED) is 0.746. The maximum atomic E-state index is 13.1. The number of hydrogen-bond acceptors (Lipinski definition) is 5. The van der Waals surface area contributed by atoms with Crippen molar-refractivity contribution >= 4 is 12.0 Å². The molecule has 0 spiro atoms. The molecule has 3 fully saturated rings. The minimum absolute atomic E-state index is 0.0226. The van der Waals surface area contributed by atoms with Crippen LogP contribution in [0.2, 0.25) is 0 Å². The van der Waals surface area contributed by atoms with Crippen molar-refractivity contribution in [1.82, 2.24) is 14.7 Å². The molecule has 3 saturated heterocycles. The monoisotopic (exact) mass is 465 g/mol. The summed E-state index contributed by atoms with van der Waals surface area (Å²) < 4.78 is 10.7. The predicted molar refractivity (Wildman–Crippen MR) is 125 cm³/mol. The van der Waals surface area contributed by atoms with E-state index in [1.165, 1.54) is 16.0 Å². The lowest BCUT2D eigenvalue weighted by Gasteiger charge is -2.53. The van der Waals surface area contributed by atoms with Crippen molar-refractivity contribution in [2.45, 2.75) is 18.0 Å². The summed E-state index contributed by atoms with van der Waals surface area (Å²) in [7, 11) is 0. The van der Waals surface area contributed by atoms with E-state index in [1.54, 1.807) is 0 Å². The average Bonchev–Trinajstić information content (AvgIpc) is 2.89. The number of benzene rings is 2. The van der Waals surface area contributed by atoms with Gasteiger partial charge in [-0.3, -0.25) is 9.69 Å². The van der Waals surface area contributed by atoms with Gasteiger partial charge in [-0.15, -0.1) is 0 Å². The fourth-order valence-corrected chi connectivity index (χ4v) is 5.63. The number of nitrogens with zero attached hydrogens (tertiary/aromatic N) is 3. The maximum absolute atomic E-state index is 13.1. The molecular formula is C26H31N3O5. The number of carbonyl (C=O) groups excluding carboxylic acids is 1. The molecule has 8 nitrogen and oxygen atoms in total. The molecule has 2 aromatic rings. The van der Waals surface area contributed by atoms with Crippen molar-refractivity contribution in [3.8, 4) is 0 Å². The van der Waals surface area contributed by atoms with Crippen LogP contribution in [0.1, 0.15) is 17.0 Å². The molecule has 180 valence electrons. The Morgan fingerprint density at radius 3 is 2.00 bits per heavy atom. The van der Waals surface area contributed by atoms with Gasteiger partial charge in [-0.1, -0.05) is 60.7 Å². The second kappa shape index (κ2) is 10.1. The summed E-state index contributed by atoms with van der Waals surface area (Å²) in [6.45, 7) is 3.63. The van der Waals surface area contributed by atoms with Gasteiger partial charge in [0.1, 0.15) is 6.79 Å². The summed E-state index contributed by atoms with van der Waals surface area (Å²) in [6, 6.07) is 20.5. The first-order valence-electron chi connectivity index (χ1n) is 11.9. The zero-order valence-electron chi connectivity index (χ0n) is 19.2. The summed E-state index contributed by atoms with van der Waals surface area (Å²) in [6.07, 6.45) is -0.915. The van der Waals surface area contributed by atoms with Crippen molar-refractivity contribution in [3.05, 3.63) is 71.8 Å². The summed E-state index contributed by atoms with van der Waals surface area (Å²) >= 11 is 0. The highest BCUT2D eigenvalue weighted by Crippen LogP contribution is 2.35. The molecule has 2 atom stereocenters. The molecule has 3 aliphatic rings. The summed E-state index contributed by atoms with van der Waals surface area (Å²) in [5, 5.41) is 9.94. The Morgan fingerprint density at radius 2 is 1.41 bits per heavy atom. The number of piperazine rings is 2. The van der Waals surface area contributed by atoms with Crippen LogP contribution in [0.5, 0.6) is 0 Å². The van der Waals surface area contributed by atoms with Gasteiger partial charge in [0.15, 0.2) is 0 Å². The van der Waals surface area contributed by atoms with E-state index in [0.717, 1.165) is 0 Å². The standard InChI is InChI=1S/C26H31N3O5/c30-25(21-16-33-18-34-17-21)27-11-12-29-22(13-27)14-28(26(31)32)15-23(29)24(19-7-3-1-4-8-19)20-9-5-2-6-10-20/h1-10,21-24H,11-18H2,(H,31,32)/t22-,23?/m0/s1. The third-order valence-electron chi connectivity index (χ3n) is 7.23. The Bertz CT molecular complexity index is 943. The highest BCUT2D eigenvalue weighted by molar-refractivity contribution is 5.79. The van der Waals surface area contributed by atoms with E-state index in [9.17, 15) is 14.7 Å². The molecule has 34 heavy (non-hydrogen) atoms. The third kappa shape index (κ3) is 4.66. The van der Waals surface area contributed by atoms with Gasteiger partial charge in [0.25, 0.3) is 0 Å². The lowest BCUT2D eigenvalue weighted by molar-refractivity contribution is -0.163. The highest BCUT2D eigenvalue weighted by Gasteiger charge is 2.44. The van der Waals surface area contributed by atoms with Gasteiger partial charge in [0.05, 0.1) is 19.1 Å². The van der Waals surface area contributed by atoms with E-state index < -0.39 is 6.09 Å². The second-order valence-electron chi connectivity index (χ2n) is 9.29. The molecule has 5 rings (SSSR count). The minimum atomic E-state index is -0.915. The Labute approximate surface area is 199 Å². The molecule has 2 amide bonds. The number of fused-ring (bicyclic) bond motifs is 1. The molecule has 0 radical (unpaired) electrons. The predicted octanol–water partition coefficient (Wildman–Crippen LogP) is 2.31. The average molecular weight is 466 g/mol. The van der Waals surface area contributed by atoms with E-state index in [2.05, 4.69) is 29.2 Å². The topological polar surface area (TPSA) is 82.6 Å². The molecule has 3 aliphatic heterocycles. The molecule has 3 heterocycles. The fourth-order valence-electron chi connectivity index (χ4n) is 5.63. The first-order valence-corrected chi connectivity index (χ1v) is 11.9. The van der Waals surface area contributed by atoms with E-state index in [-0.39, 0.29) is 36.6 Å². The van der Waals surface area contributed by atoms with E-state index in [0.29, 0.717) is 45.9 Å². The Morgan fingerprint density at radius 1 is 0.824 bits per heavy atom. The lowest BCUT2D eigenvalue weighted by Crippen LogP contribution is -2.68. The molecule has 0 bridgehead atoms. The molecule has 8 heteroatoms. The van der Waals surface area contributed by atoms with Gasteiger partial charge < -0.3 is 24.4 Å². The van der Waals surface area contributed by atoms with Crippen LogP contribution >= 0.6 is 0 Å². The molecule has 1 unspecified atom stereocenters. The summed E-state index contributed by atoms with van der Waals surface area (Å²) in [4.78, 5) is 31.1. The largest absolute Gasteiger partial charge is 0.465 e. The van der Waals surface area contributed by atoms with E-state index in [1.807, 2.05) is 41.3 Å². The lowest BCUT2D eigenvalue weighted by atomic mass is 9.81. The Kier molecular flexibility index (Phi) is 6.80. The maximum Gasteiger partial charge on any atom is 0.407 e. The zero-order chi connectivity index (χ0) is 23.5. The smallest absolute Gasteiger partial charge is 0.407 e. The summed E-state index contributed by atoms with van der Waals surface area (Å²) in [5.41, 5.74) is 2.33. The van der Waals surface area contributed by atoms with Crippen molar-refractivity contribution in [2.75, 3.05) is 52.7 Å². The molecule has 2 aromatic carbocycles. The van der Waals surface area contributed by atoms with Crippen LogP contribution in [0.4, 0.5) is 4.79 Å². The molecule has 1 N–H and O–H groups in total. The van der Waals surface area contributed by atoms with Crippen LogP contribution in [0.25, 0.3) is 0 Å². The van der Waals surface area contributed by atoms with Gasteiger partial charge in [0, 0.05) is 50.7 Å². The van der Waals surface area contributed by atoms with Crippen LogP contribution in [0.15, 0.2) is 60.7 Å². The van der Waals surface area contributed by atoms with Gasteiger partial charge in [0.2, 0.25) is 5.91 Å². The summed E-state index contributed by atoms with van der Waals surface area (Å²) in [5.74, 6) is -0.239. The van der Waals surface area contributed by atoms with Gasteiger partial charge in [-0.05, 0) is 11.1 Å². The Hall–Kier alpha value is -2.94. The number of hydrogen-bond donors (Lipinski definition) is 1. The van der Waals surface area contributed by atoms with Gasteiger partial charge in [-0.2, -0.15) is 0 Å². The fraction of sp³-hybridized carbons (Fsp3) is 0.462. The normalized spacial score (nSPS) is 24.1. The SMILES string of the molecule is O=C(O)N1CC(C(c2ccccc2)c2ccccc2)N2CCN(C(=O)C3COCOC3)C[C@H]2C1. The second-order valence-corrected chi connectivity index (χ2v) is 9.29. The van der Waals surface area contributed by atoms with Crippen LogP contribution in [0.3, 0.4) is 0 Å². The van der Waals surface area contributed by atoms with Crippen LogP contribution in [-0.2, 0) is 14.3 Å². The van der Waals surface area contributed by atoms with Crippen molar-refractivity contribution in [2.24, 2.45) is 5.92 Å². The minimum Gasteiger partial charge on any atom is -0.465 e. The third-order valence-corrected chi connectivity index (χ3v) is 7.23. The van der Waals surface area contributed by atoms with Crippen LogP contribution < -0.4 is 0 Å². The number of ether oxygens (including phenoxy) is 2. The van der Waals surface area contributed by atoms with E-state index in [4.69, 9.17) is 9.47 Å². The zero-order valence-corrected chi connectivity index (χ0v) is 19.2. The number of amides is 2.